The summed E-state index contributed by atoms with van der Waals surface area (Å²) < 4.78 is 36.7. The Morgan fingerprint density at radius 1 is 1.35 bits per heavy atom. The van der Waals surface area contributed by atoms with Crippen LogP contribution in [-0.2, 0) is 14.9 Å². The first-order chi connectivity index (χ1) is 7.98. The highest BCUT2D eigenvalue weighted by molar-refractivity contribution is 7.85. The lowest BCUT2D eigenvalue weighted by Crippen LogP contribution is -2.04. The summed E-state index contributed by atoms with van der Waals surface area (Å²) >= 11 is 0. The number of aryl methyl sites for hydroxylation is 1. The molecule has 92 valence electrons. The maximum absolute atomic E-state index is 11.1. The van der Waals surface area contributed by atoms with Gasteiger partial charge in [-0.1, -0.05) is 6.07 Å². The molecule has 0 spiro atoms. The zero-order valence-corrected chi connectivity index (χ0v) is 10.3. The van der Waals surface area contributed by atoms with E-state index in [-0.39, 0.29) is 4.90 Å². The molecule has 4 nitrogen and oxygen atoms in total. The highest BCUT2D eigenvalue weighted by atomic mass is 32.2. The number of ether oxygens (including phenoxy) is 1. The summed E-state index contributed by atoms with van der Waals surface area (Å²) in [7, 11) is -4.16. The average Bonchev–Trinajstić information content (AvgIpc) is 2.29. The maximum Gasteiger partial charge on any atom is 0.294 e. The fourth-order valence-electron chi connectivity index (χ4n) is 1.77. The van der Waals surface area contributed by atoms with Crippen molar-refractivity contribution in [3.05, 3.63) is 35.4 Å². The van der Waals surface area contributed by atoms with Gasteiger partial charge in [0.25, 0.3) is 10.1 Å². The Balaban J connectivity index is 2.50. The van der Waals surface area contributed by atoms with Crippen LogP contribution in [0.3, 0.4) is 0 Å². The molecule has 0 radical (unpaired) electrons. The van der Waals surface area contributed by atoms with E-state index in [0.717, 1.165) is 24.0 Å². The molecule has 0 aromatic heterocycles. The van der Waals surface area contributed by atoms with Gasteiger partial charge in [0.15, 0.2) is 0 Å². The van der Waals surface area contributed by atoms with Crippen molar-refractivity contribution < 1.29 is 17.7 Å². The molecule has 1 aromatic rings. The monoisotopic (exact) mass is 254 g/mol. The Kier molecular flexibility index (Phi) is 3.22. The highest BCUT2D eigenvalue weighted by Gasteiger charge is 2.15. The van der Waals surface area contributed by atoms with Crippen molar-refractivity contribution in [1.29, 1.82) is 0 Å². The van der Waals surface area contributed by atoms with Crippen molar-refractivity contribution in [3.8, 4) is 0 Å². The Morgan fingerprint density at radius 2 is 2.12 bits per heavy atom. The molecule has 0 atom stereocenters. The molecular formula is C12H14O4S. The molecule has 1 N–H and O–H groups in total. The average molecular weight is 254 g/mol. The lowest BCUT2D eigenvalue weighted by Gasteiger charge is -2.17. The molecule has 1 aromatic carbocycles. The molecule has 1 aliphatic heterocycles. The molecule has 5 heteroatoms. The minimum Gasteiger partial charge on any atom is -0.493 e. The van der Waals surface area contributed by atoms with Gasteiger partial charge in [0.1, 0.15) is 5.76 Å². The minimum absolute atomic E-state index is 0.104. The molecule has 0 amide bonds. The van der Waals surface area contributed by atoms with Gasteiger partial charge in [-0.05, 0) is 43.5 Å². The summed E-state index contributed by atoms with van der Waals surface area (Å²) in [6.45, 7) is 2.52. The third-order valence-corrected chi connectivity index (χ3v) is 3.56. The zero-order chi connectivity index (χ0) is 12.5. The van der Waals surface area contributed by atoms with Crippen LogP contribution in [0.1, 0.15) is 24.0 Å². The number of benzene rings is 1. The second kappa shape index (κ2) is 4.50. The van der Waals surface area contributed by atoms with Gasteiger partial charge in [0.05, 0.1) is 11.5 Å². The van der Waals surface area contributed by atoms with Crippen molar-refractivity contribution in [2.75, 3.05) is 6.61 Å². The van der Waals surface area contributed by atoms with E-state index in [1.165, 1.54) is 12.1 Å². The van der Waals surface area contributed by atoms with Crippen molar-refractivity contribution >= 4 is 15.9 Å². The van der Waals surface area contributed by atoms with E-state index >= 15 is 0 Å². The van der Waals surface area contributed by atoms with E-state index < -0.39 is 10.1 Å². The van der Waals surface area contributed by atoms with E-state index in [4.69, 9.17) is 9.29 Å². The summed E-state index contributed by atoms with van der Waals surface area (Å²) in [5.74, 6) is 0.694. The van der Waals surface area contributed by atoms with Crippen LogP contribution in [0.5, 0.6) is 0 Å². The van der Waals surface area contributed by atoms with Crippen molar-refractivity contribution in [1.82, 2.24) is 0 Å². The van der Waals surface area contributed by atoms with Crippen LogP contribution in [0.15, 0.2) is 29.2 Å². The van der Waals surface area contributed by atoms with E-state index in [9.17, 15) is 8.42 Å². The second-order valence-electron chi connectivity index (χ2n) is 4.01. The molecule has 1 aliphatic rings. The molecule has 1 heterocycles. The van der Waals surface area contributed by atoms with Crippen LogP contribution in [-0.4, -0.2) is 19.6 Å². The summed E-state index contributed by atoms with van der Waals surface area (Å²) in [5, 5.41) is 0. The Hall–Kier alpha value is -1.33. The number of hydrogen-bond donors (Lipinski definition) is 1. The zero-order valence-electron chi connectivity index (χ0n) is 9.51. The molecule has 0 saturated carbocycles. The first kappa shape index (κ1) is 12.1. The third kappa shape index (κ3) is 2.68. The molecule has 0 saturated heterocycles. The SMILES string of the molecule is Cc1ccc(S(=O)(=O)O)cc1C1=CCCCO1. The van der Waals surface area contributed by atoms with Crippen LogP contribution in [0.2, 0.25) is 0 Å². The molecule has 2 rings (SSSR count). The quantitative estimate of drug-likeness (QED) is 0.823. The fourth-order valence-corrected chi connectivity index (χ4v) is 2.28. The van der Waals surface area contributed by atoms with Gasteiger partial charge in [0, 0.05) is 5.56 Å². The third-order valence-electron chi connectivity index (χ3n) is 2.71. The van der Waals surface area contributed by atoms with Crippen molar-refractivity contribution in [2.24, 2.45) is 0 Å². The largest absolute Gasteiger partial charge is 0.493 e. The Morgan fingerprint density at radius 3 is 2.71 bits per heavy atom. The lowest BCUT2D eigenvalue weighted by atomic mass is 10.0. The molecule has 0 aliphatic carbocycles. The molecular weight excluding hydrogens is 240 g/mol. The molecule has 0 unspecified atom stereocenters. The minimum atomic E-state index is -4.16. The Bertz CT molecular complexity index is 558. The van der Waals surface area contributed by atoms with Crippen LogP contribution in [0.4, 0.5) is 0 Å². The maximum atomic E-state index is 11.1. The van der Waals surface area contributed by atoms with Gasteiger partial charge >= 0.3 is 0 Å². The standard InChI is InChI=1S/C12H14O4S/c1-9-5-6-10(17(13,14)15)8-11(9)12-4-2-3-7-16-12/h4-6,8H,2-3,7H2,1H3,(H,13,14,15). The van der Waals surface area contributed by atoms with Crippen molar-refractivity contribution in [3.63, 3.8) is 0 Å². The first-order valence-corrected chi connectivity index (χ1v) is 6.84. The lowest BCUT2D eigenvalue weighted by molar-refractivity contribution is 0.258. The van der Waals surface area contributed by atoms with Crippen molar-refractivity contribution in [2.45, 2.75) is 24.7 Å². The van der Waals surface area contributed by atoms with Gasteiger partial charge in [-0.25, -0.2) is 0 Å². The first-order valence-electron chi connectivity index (χ1n) is 5.40. The van der Waals surface area contributed by atoms with Gasteiger partial charge < -0.3 is 4.74 Å². The van der Waals surface area contributed by atoms with Gasteiger partial charge in [-0.15, -0.1) is 0 Å². The highest BCUT2D eigenvalue weighted by Crippen LogP contribution is 2.26. The number of hydrogen-bond acceptors (Lipinski definition) is 3. The molecule has 0 fully saturated rings. The van der Waals surface area contributed by atoms with E-state index in [2.05, 4.69) is 0 Å². The Labute approximate surface area is 101 Å². The molecule has 17 heavy (non-hydrogen) atoms. The van der Waals surface area contributed by atoms with Gasteiger partial charge in [-0.2, -0.15) is 8.42 Å². The topological polar surface area (TPSA) is 63.6 Å². The van der Waals surface area contributed by atoms with E-state index in [1.54, 1.807) is 6.07 Å². The van der Waals surface area contributed by atoms with E-state index in [0.29, 0.717) is 12.4 Å². The summed E-state index contributed by atoms with van der Waals surface area (Å²) in [5.41, 5.74) is 1.64. The van der Waals surface area contributed by atoms with Crippen LogP contribution in [0, 0.1) is 6.92 Å². The smallest absolute Gasteiger partial charge is 0.294 e. The summed E-state index contributed by atoms with van der Waals surface area (Å²) in [4.78, 5) is -0.104. The van der Waals surface area contributed by atoms with E-state index in [1.807, 2.05) is 13.0 Å². The second-order valence-corrected chi connectivity index (χ2v) is 5.43. The van der Waals surface area contributed by atoms with Gasteiger partial charge in [-0.3, -0.25) is 4.55 Å². The fraction of sp³-hybridized carbons (Fsp3) is 0.333. The number of rotatable bonds is 2. The van der Waals surface area contributed by atoms with Crippen LogP contribution >= 0.6 is 0 Å². The summed E-state index contributed by atoms with van der Waals surface area (Å²) in [6.07, 6.45) is 3.84. The van der Waals surface area contributed by atoms with Crippen LogP contribution < -0.4 is 0 Å². The number of allylic oxidation sites excluding steroid dienone is 1. The molecule has 0 bridgehead atoms. The summed E-state index contributed by atoms with van der Waals surface area (Å²) in [6, 6.07) is 4.50. The van der Waals surface area contributed by atoms with Crippen LogP contribution in [0.25, 0.3) is 5.76 Å². The predicted molar refractivity (Wildman–Crippen MR) is 64.2 cm³/mol. The van der Waals surface area contributed by atoms with Gasteiger partial charge in [0.2, 0.25) is 0 Å². The predicted octanol–water partition coefficient (Wildman–Crippen LogP) is 2.39. The normalized spacial score (nSPS) is 16.2.